The fourth-order valence-corrected chi connectivity index (χ4v) is 1.79. The highest BCUT2D eigenvalue weighted by atomic mass is 16.4. The van der Waals surface area contributed by atoms with Crippen LogP contribution in [0.2, 0.25) is 0 Å². The fourth-order valence-electron chi connectivity index (χ4n) is 1.79. The normalized spacial score (nSPS) is 13.5. The van der Waals surface area contributed by atoms with Gasteiger partial charge in [-0.25, -0.2) is 0 Å². The molecule has 0 spiro atoms. The molecule has 1 unspecified atom stereocenters. The van der Waals surface area contributed by atoms with E-state index < -0.39 is 0 Å². The van der Waals surface area contributed by atoms with Gasteiger partial charge in [0.05, 0.1) is 0 Å². The largest absolute Gasteiger partial charge is 0.409 e. The summed E-state index contributed by atoms with van der Waals surface area (Å²) in [5.74, 6) is 0.258. The molecule has 0 aromatic heterocycles. The van der Waals surface area contributed by atoms with Crippen LogP contribution in [0.4, 0.5) is 5.69 Å². The van der Waals surface area contributed by atoms with E-state index in [4.69, 9.17) is 10.9 Å². The Kier molecular flexibility index (Phi) is 4.82. The van der Waals surface area contributed by atoms with Crippen molar-refractivity contribution in [2.24, 2.45) is 10.9 Å². The highest BCUT2D eigenvalue weighted by Crippen LogP contribution is 2.18. The predicted molar refractivity (Wildman–Crippen MR) is 71.6 cm³/mol. The molecule has 1 rings (SSSR count). The Bertz CT molecular complexity index is 402. The number of nitrogens with zero attached hydrogens (tertiary/aromatic N) is 1. The molecule has 1 aromatic rings. The van der Waals surface area contributed by atoms with Crippen molar-refractivity contribution in [1.82, 2.24) is 0 Å². The third-order valence-corrected chi connectivity index (χ3v) is 2.82. The molecule has 1 atom stereocenters. The molecular weight excluding hydrogens is 214 g/mol. The molecule has 0 aliphatic rings. The summed E-state index contributed by atoms with van der Waals surface area (Å²) in [6.07, 6.45) is 1.46. The Morgan fingerprint density at radius 3 is 2.71 bits per heavy atom. The van der Waals surface area contributed by atoms with E-state index in [1.54, 1.807) is 0 Å². The minimum Gasteiger partial charge on any atom is -0.409 e. The van der Waals surface area contributed by atoms with Crippen molar-refractivity contribution >= 4 is 11.5 Å². The third kappa shape index (κ3) is 3.98. The van der Waals surface area contributed by atoms with Crippen molar-refractivity contribution in [2.75, 3.05) is 5.32 Å². The Hall–Kier alpha value is -1.71. The molecule has 0 aliphatic carbocycles. The molecule has 0 heterocycles. The molecule has 0 fully saturated rings. The highest BCUT2D eigenvalue weighted by Gasteiger charge is 2.09. The molecule has 0 bridgehead atoms. The number of aryl methyl sites for hydroxylation is 2. The zero-order valence-corrected chi connectivity index (χ0v) is 10.7. The number of anilines is 1. The summed E-state index contributed by atoms with van der Waals surface area (Å²) >= 11 is 0. The van der Waals surface area contributed by atoms with Crippen molar-refractivity contribution in [3.05, 3.63) is 29.3 Å². The molecule has 4 nitrogen and oxygen atoms in total. The minimum absolute atomic E-state index is 0.187. The lowest BCUT2D eigenvalue weighted by Gasteiger charge is -2.19. The smallest absolute Gasteiger partial charge is 0.141 e. The van der Waals surface area contributed by atoms with Crippen LogP contribution in [0.3, 0.4) is 0 Å². The molecule has 0 saturated carbocycles. The average Bonchev–Trinajstić information content (AvgIpc) is 2.31. The Labute approximate surface area is 103 Å². The summed E-state index contributed by atoms with van der Waals surface area (Å²) in [6.45, 7) is 6.22. The first kappa shape index (κ1) is 13.4. The van der Waals surface area contributed by atoms with Crippen LogP contribution >= 0.6 is 0 Å². The molecule has 1 aromatic carbocycles. The Balaban J connectivity index is 2.73. The number of amidine groups is 1. The van der Waals surface area contributed by atoms with Crippen molar-refractivity contribution in [3.8, 4) is 0 Å². The molecule has 4 heteroatoms. The van der Waals surface area contributed by atoms with Crippen LogP contribution in [0.25, 0.3) is 0 Å². The quantitative estimate of drug-likeness (QED) is 0.318. The third-order valence-electron chi connectivity index (χ3n) is 2.82. The first-order valence-corrected chi connectivity index (χ1v) is 5.87. The number of hydrogen-bond acceptors (Lipinski definition) is 3. The summed E-state index contributed by atoms with van der Waals surface area (Å²) in [4.78, 5) is 0. The highest BCUT2D eigenvalue weighted by molar-refractivity contribution is 5.80. The predicted octanol–water partition coefficient (Wildman–Crippen LogP) is 2.63. The maximum atomic E-state index is 8.57. The fraction of sp³-hybridized carbons (Fsp3) is 0.462. The summed E-state index contributed by atoms with van der Waals surface area (Å²) in [5.41, 5.74) is 9.09. The van der Waals surface area contributed by atoms with Gasteiger partial charge in [0, 0.05) is 18.2 Å². The molecule has 4 N–H and O–H groups in total. The number of hydrogen-bond donors (Lipinski definition) is 3. The van der Waals surface area contributed by atoms with Gasteiger partial charge in [-0.3, -0.25) is 0 Å². The van der Waals surface area contributed by atoms with E-state index in [0.29, 0.717) is 6.42 Å². The second-order valence-electron chi connectivity index (χ2n) is 4.36. The number of rotatable bonds is 5. The molecule has 0 amide bonds. The van der Waals surface area contributed by atoms with E-state index >= 15 is 0 Å². The van der Waals surface area contributed by atoms with Crippen molar-refractivity contribution in [3.63, 3.8) is 0 Å². The maximum Gasteiger partial charge on any atom is 0.141 e. The van der Waals surface area contributed by atoms with E-state index in [1.165, 1.54) is 11.1 Å². The van der Waals surface area contributed by atoms with Crippen LogP contribution in [0, 0.1) is 13.8 Å². The van der Waals surface area contributed by atoms with E-state index in [1.807, 2.05) is 0 Å². The van der Waals surface area contributed by atoms with Crippen LogP contribution in [0.15, 0.2) is 23.4 Å². The van der Waals surface area contributed by atoms with Crippen LogP contribution in [0.5, 0.6) is 0 Å². The van der Waals surface area contributed by atoms with Gasteiger partial charge in [-0.15, -0.1) is 0 Å². The van der Waals surface area contributed by atoms with E-state index in [-0.39, 0.29) is 11.9 Å². The standard InChI is InChI=1S/C13H21N3O/c1-4-11(8-13(14)16-17)15-12-6-5-9(2)7-10(12)3/h5-7,11,15,17H,4,8H2,1-3H3,(H2,14,16). The second kappa shape index (κ2) is 6.13. The van der Waals surface area contributed by atoms with Gasteiger partial charge in [0.2, 0.25) is 0 Å². The minimum atomic E-state index is 0.187. The second-order valence-corrected chi connectivity index (χ2v) is 4.36. The lowest BCUT2D eigenvalue weighted by Crippen LogP contribution is -2.26. The van der Waals surface area contributed by atoms with Gasteiger partial charge in [0.15, 0.2) is 0 Å². The van der Waals surface area contributed by atoms with Gasteiger partial charge >= 0.3 is 0 Å². The monoisotopic (exact) mass is 235 g/mol. The molecule has 0 saturated heterocycles. The summed E-state index contributed by atoms with van der Waals surface area (Å²) in [6, 6.07) is 6.47. The Morgan fingerprint density at radius 2 is 2.18 bits per heavy atom. The first-order chi connectivity index (χ1) is 8.06. The van der Waals surface area contributed by atoms with Crippen molar-refractivity contribution < 1.29 is 5.21 Å². The van der Waals surface area contributed by atoms with Crippen LogP contribution in [-0.2, 0) is 0 Å². The van der Waals surface area contributed by atoms with Gasteiger partial charge < -0.3 is 16.3 Å². The van der Waals surface area contributed by atoms with Gasteiger partial charge in [-0.1, -0.05) is 29.8 Å². The summed E-state index contributed by atoms with van der Waals surface area (Å²) in [5, 5.41) is 15.0. The molecular formula is C13H21N3O. The van der Waals surface area contributed by atoms with E-state index in [2.05, 4.69) is 49.4 Å². The van der Waals surface area contributed by atoms with Crippen molar-refractivity contribution in [1.29, 1.82) is 0 Å². The summed E-state index contributed by atoms with van der Waals surface area (Å²) in [7, 11) is 0. The first-order valence-electron chi connectivity index (χ1n) is 5.87. The Morgan fingerprint density at radius 1 is 1.47 bits per heavy atom. The van der Waals surface area contributed by atoms with Crippen LogP contribution < -0.4 is 11.1 Å². The van der Waals surface area contributed by atoms with E-state index in [9.17, 15) is 0 Å². The SMILES string of the molecule is CCC(CC(N)=NO)Nc1ccc(C)cc1C. The topological polar surface area (TPSA) is 70.6 Å². The van der Waals surface area contributed by atoms with Crippen molar-refractivity contribution in [2.45, 2.75) is 39.7 Å². The lowest BCUT2D eigenvalue weighted by molar-refractivity contribution is 0.316. The molecule has 0 radical (unpaired) electrons. The van der Waals surface area contributed by atoms with E-state index in [0.717, 1.165) is 12.1 Å². The average molecular weight is 235 g/mol. The maximum absolute atomic E-state index is 8.57. The van der Waals surface area contributed by atoms with Crippen LogP contribution in [-0.4, -0.2) is 17.1 Å². The molecule has 94 valence electrons. The number of benzene rings is 1. The summed E-state index contributed by atoms with van der Waals surface area (Å²) < 4.78 is 0. The number of nitrogens with one attached hydrogen (secondary N) is 1. The van der Waals surface area contributed by atoms with Gasteiger partial charge in [-0.2, -0.15) is 0 Å². The van der Waals surface area contributed by atoms with Gasteiger partial charge in [0.1, 0.15) is 5.84 Å². The van der Waals surface area contributed by atoms with Crippen LogP contribution in [0.1, 0.15) is 30.9 Å². The lowest BCUT2D eigenvalue weighted by atomic mass is 10.1. The zero-order valence-electron chi connectivity index (χ0n) is 10.7. The zero-order chi connectivity index (χ0) is 12.8. The van der Waals surface area contributed by atoms with Gasteiger partial charge in [0.25, 0.3) is 0 Å². The van der Waals surface area contributed by atoms with Gasteiger partial charge in [-0.05, 0) is 31.9 Å². The molecule has 17 heavy (non-hydrogen) atoms. The number of nitrogens with two attached hydrogens (primary N) is 1. The molecule has 0 aliphatic heterocycles. The number of oxime groups is 1.